The molecule has 28 heavy (non-hydrogen) atoms. The van der Waals surface area contributed by atoms with Crippen LogP contribution in [0.2, 0.25) is 0 Å². The Morgan fingerprint density at radius 1 is 1.18 bits per heavy atom. The Labute approximate surface area is 167 Å². The molecule has 2 aromatic rings. The largest absolute Gasteiger partial charge is 0.490 e. The molecule has 5 nitrogen and oxygen atoms in total. The molecule has 0 aliphatic heterocycles. The van der Waals surface area contributed by atoms with Crippen molar-refractivity contribution in [3.05, 3.63) is 30.5 Å². The highest BCUT2D eigenvalue weighted by atomic mass is 16.5. The van der Waals surface area contributed by atoms with Crippen LogP contribution in [0, 0.1) is 11.3 Å². The average molecular weight is 385 g/mol. The van der Waals surface area contributed by atoms with Crippen molar-refractivity contribution in [2.45, 2.75) is 59.0 Å². The van der Waals surface area contributed by atoms with Gasteiger partial charge in [-0.3, -0.25) is 4.79 Å². The van der Waals surface area contributed by atoms with E-state index in [0.29, 0.717) is 18.1 Å². The Morgan fingerprint density at radius 2 is 1.89 bits per heavy atom. The number of carboxylic acid groups (broad SMARTS) is 1. The number of hydrogen-bond acceptors (Lipinski definition) is 4. The number of aromatic nitrogens is 1. The molecule has 1 N–H and O–H groups in total. The summed E-state index contributed by atoms with van der Waals surface area (Å²) < 4.78 is 6.26. The smallest absolute Gasteiger partial charge is 0.305 e. The molecule has 152 valence electrons. The Bertz CT molecular complexity index is 820. The van der Waals surface area contributed by atoms with E-state index in [4.69, 9.17) is 9.84 Å². The summed E-state index contributed by atoms with van der Waals surface area (Å²) in [5.74, 6) is 1.67. The van der Waals surface area contributed by atoms with Crippen molar-refractivity contribution in [2.24, 2.45) is 11.3 Å². The molecule has 0 saturated heterocycles. The van der Waals surface area contributed by atoms with E-state index in [0.717, 1.165) is 41.1 Å². The molecule has 0 atom stereocenters. The molecule has 1 heterocycles. The van der Waals surface area contributed by atoms with Crippen LogP contribution in [0.3, 0.4) is 0 Å². The first-order valence-corrected chi connectivity index (χ1v) is 10.2. The van der Waals surface area contributed by atoms with Gasteiger partial charge in [-0.25, -0.2) is 4.98 Å². The summed E-state index contributed by atoms with van der Waals surface area (Å²) in [6, 6.07) is 8.13. The van der Waals surface area contributed by atoms with Crippen LogP contribution in [-0.2, 0) is 4.79 Å². The van der Waals surface area contributed by atoms with Gasteiger partial charge in [0.2, 0.25) is 0 Å². The highest BCUT2D eigenvalue weighted by Gasteiger charge is 2.30. The number of anilines is 1. The zero-order valence-electron chi connectivity index (χ0n) is 17.4. The monoisotopic (exact) mass is 384 g/mol. The summed E-state index contributed by atoms with van der Waals surface area (Å²) in [4.78, 5) is 17.1. The van der Waals surface area contributed by atoms with Gasteiger partial charge in [-0.15, -0.1) is 0 Å². The predicted molar refractivity (Wildman–Crippen MR) is 113 cm³/mol. The van der Waals surface area contributed by atoms with Gasteiger partial charge in [-0.05, 0) is 60.6 Å². The number of carboxylic acids is 1. The third kappa shape index (κ3) is 5.15. The number of pyridine rings is 1. The number of carbonyl (C=O) groups is 1. The minimum absolute atomic E-state index is 0.0977. The lowest BCUT2D eigenvalue weighted by Gasteiger charge is -2.37. The van der Waals surface area contributed by atoms with Crippen molar-refractivity contribution < 1.29 is 14.6 Å². The van der Waals surface area contributed by atoms with Crippen molar-refractivity contribution in [3.63, 3.8) is 0 Å². The predicted octanol–water partition coefficient (Wildman–Crippen LogP) is 5.13. The average Bonchev–Trinajstić information content (AvgIpc) is 2.65. The maximum absolute atomic E-state index is 10.8. The van der Waals surface area contributed by atoms with Crippen molar-refractivity contribution in [1.82, 2.24) is 4.98 Å². The standard InChI is InChI=1S/C23H32N2O3/c1-23(2,3)18-6-9-19(10-7-18)28-20-8-5-16-14-21(24-15-17(16)13-20)25(4)12-11-22(26)27/h5,8,13-15,18-19H,6-7,9-12H2,1-4H3,(H,26,27). The highest BCUT2D eigenvalue weighted by molar-refractivity contribution is 5.85. The topological polar surface area (TPSA) is 62.7 Å². The minimum atomic E-state index is -0.800. The lowest BCUT2D eigenvalue weighted by atomic mass is 9.72. The summed E-state index contributed by atoms with van der Waals surface area (Å²) in [6.07, 6.45) is 6.93. The number of ether oxygens (including phenoxy) is 1. The van der Waals surface area contributed by atoms with Crippen LogP contribution in [0.1, 0.15) is 52.9 Å². The second-order valence-corrected chi connectivity index (χ2v) is 9.07. The van der Waals surface area contributed by atoms with Crippen molar-refractivity contribution >= 4 is 22.6 Å². The summed E-state index contributed by atoms with van der Waals surface area (Å²) in [5.41, 5.74) is 0.384. The van der Waals surface area contributed by atoms with E-state index < -0.39 is 5.97 Å². The van der Waals surface area contributed by atoms with Gasteiger partial charge in [0, 0.05) is 25.2 Å². The van der Waals surface area contributed by atoms with Crippen LogP contribution in [0.4, 0.5) is 5.82 Å². The Kier molecular flexibility index (Phi) is 6.11. The molecule has 1 aliphatic carbocycles. The fourth-order valence-electron chi connectivity index (χ4n) is 4.01. The summed E-state index contributed by atoms with van der Waals surface area (Å²) in [5, 5.41) is 11.0. The second kappa shape index (κ2) is 8.38. The maximum atomic E-state index is 10.8. The molecule has 1 saturated carbocycles. The molecule has 3 rings (SSSR count). The van der Waals surface area contributed by atoms with E-state index in [1.807, 2.05) is 30.3 Å². The lowest BCUT2D eigenvalue weighted by molar-refractivity contribution is -0.136. The van der Waals surface area contributed by atoms with Gasteiger partial charge in [-0.2, -0.15) is 0 Å². The van der Waals surface area contributed by atoms with Crippen LogP contribution in [0.15, 0.2) is 30.5 Å². The molecule has 0 bridgehead atoms. The number of benzene rings is 1. The zero-order chi connectivity index (χ0) is 20.3. The summed E-state index contributed by atoms with van der Waals surface area (Å²) in [6.45, 7) is 7.44. The van der Waals surface area contributed by atoms with Crippen LogP contribution in [0.25, 0.3) is 10.8 Å². The Hall–Kier alpha value is -2.30. The first-order valence-electron chi connectivity index (χ1n) is 10.2. The molecule has 1 fully saturated rings. The molecule has 1 aliphatic rings. The van der Waals surface area contributed by atoms with Crippen molar-refractivity contribution in [3.8, 4) is 5.75 Å². The van der Waals surface area contributed by atoms with Crippen molar-refractivity contribution in [1.29, 1.82) is 0 Å². The number of aliphatic carboxylic acids is 1. The number of rotatable bonds is 6. The zero-order valence-corrected chi connectivity index (χ0v) is 17.4. The first kappa shape index (κ1) is 20.4. The third-order valence-corrected chi connectivity index (χ3v) is 5.93. The molecule has 0 amide bonds. The maximum Gasteiger partial charge on any atom is 0.305 e. The Morgan fingerprint density at radius 3 is 2.54 bits per heavy atom. The molecule has 5 heteroatoms. The summed E-state index contributed by atoms with van der Waals surface area (Å²) >= 11 is 0. The highest BCUT2D eigenvalue weighted by Crippen LogP contribution is 2.39. The number of fused-ring (bicyclic) bond motifs is 1. The molecule has 0 unspecified atom stereocenters. The Balaban J connectivity index is 1.63. The van der Waals surface area contributed by atoms with E-state index in [9.17, 15) is 4.79 Å². The van der Waals surface area contributed by atoms with Crippen molar-refractivity contribution in [2.75, 3.05) is 18.5 Å². The van der Waals surface area contributed by atoms with Gasteiger partial charge >= 0.3 is 5.97 Å². The van der Waals surface area contributed by atoms with E-state index in [-0.39, 0.29) is 6.42 Å². The second-order valence-electron chi connectivity index (χ2n) is 9.07. The van der Waals surface area contributed by atoms with E-state index in [1.165, 1.54) is 12.8 Å². The van der Waals surface area contributed by atoms with E-state index >= 15 is 0 Å². The molecule has 1 aromatic heterocycles. The SMILES string of the molecule is CN(CCC(=O)O)c1cc2ccc(OC3CCC(C(C)(C)C)CC3)cc2cn1. The van der Waals surface area contributed by atoms with E-state index in [1.54, 1.807) is 0 Å². The lowest BCUT2D eigenvalue weighted by Crippen LogP contribution is -2.30. The van der Waals surface area contributed by atoms with Gasteiger partial charge in [0.1, 0.15) is 11.6 Å². The van der Waals surface area contributed by atoms with Crippen LogP contribution in [-0.4, -0.2) is 35.8 Å². The quantitative estimate of drug-likeness (QED) is 0.748. The van der Waals surface area contributed by atoms with Gasteiger partial charge in [0.15, 0.2) is 0 Å². The number of nitrogens with zero attached hydrogens (tertiary/aromatic N) is 2. The van der Waals surface area contributed by atoms with Gasteiger partial charge < -0.3 is 14.7 Å². The first-order chi connectivity index (χ1) is 13.2. The van der Waals surface area contributed by atoms with E-state index in [2.05, 4.69) is 37.9 Å². The van der Waals surface area contributed by atoms with Crippen LogP contribution >= 0.6 is 0 Å². The normalized spacial score (nSPS) is 20.1. The van der Waals surface area contributed by atoms with Gasteiger partial charge in [-0.1, -0.05) is 26.8 Å². The third-order valence-electron chi connectivity index (χ3n) is 5.93. The minimum Gasteiger partial charge on any atom is -0.490 e. The fourth-order valence-corrected chi connectivity index (χ4v) is 4.01. The molecule has 0 spiro atoms. The summed E-state index contributed by atoms with van der Waals surface area (Å²) in [7, 11) is 1.86. The van der Waals surface area contributed by atoms with Crippen LogP contribution in [0.5, 0.6) is 5.75 Å². The fraction of sp³-hybridized carbons (Fsp3) is 0.565. The molecular weight excluding hydrogens is 352 g/mol. The van der Waals surface area contributed by atoms with Crippen LogP contribution < -0.4 is 9.64 Å². The molecule has 1 aromatic carbocycles. The molecule has 0 radical (unpaired) electrons. The van der Waals surface area contributed by atoms with Gasteiger partial charge in [0.05, 0.1) is 12.5 Å². The number of hydrogen-bond donors (Lipinski definition) is 1. The molecular formula is C23H32N2O3. The van der Waals surface area contributed by atoms with Gasteiger partial charge in [0.25, 0.3) is 0 Å².